The minimum absolute atomic E-state index is 0.0123. The zero-order valence-electron chi connectivity index (χ0n) is 10.5. The van der Waals surface area contributed by atoms with E-state index in [1.54, 1.807) is 0 Å². The van der Waals surface area contributed by atoms with Crippen molar-refractivity contribution in [3.63, 3.8) is 0 Å². The van der Waals surface area contributed by atoms with E-state index in [1.807, 2.05) is 43.3 Å². The fraction of sp³-hybridized carbons (Fsp3) is 0.267. The molecule has 2 N–H and O–H groups in total. The monoisotopic (exact) mass is 242 g/mol. The Morgan fingerprint density at radius 3 is 2.56 bits per heavy atom. The van der Waals surface area contributed by atoms with Crippen LogP contribution in [0, 0.1) is 6.92 Å². The van der Waals surface area contributed by atoms with Gasteiger partial charge < -0.3 is 10.4 Å². The summed E-state index contributed by atoms with van der Waals surface area (Å²) in [7, 11) is 0. The van der Waals surface area contributed by atoms with Crippen LogP contribution in [0.4, 0.5) is 5.82 Å². The molecule has 1 atom stereocenters. The van der Waals surface area contributed by atoms with E-state index < -0.39 is 0 Å². The van der Waals surface area contributed by atoms with Crippen molar-refractivity contribution >= 4 is 5.82 Å². The van der Waals surface area contributed by atoms with E-state index in [2.05, 4.69) is 22.4 Å². The Hall–Kier alpha value is -1.87. The first-order chi connectivity index (χ1) is 8.78. The number of aryl methyl sites for hydroxylation is 1. The highest BCUT2D eigenvalue weighted by Gasteiger charge is 2.08. The quantitative estimate of drug-likeness (QED) is 0.846. The van der Waals surface area contributed by atoms with Crippen LogP contribution < -0.4 is 5.32 Å². The van der Waals surface area contributed by atoms with Gasteiger partial charge in [0.05, 0.1) is 12.6 Å². The Morgan fingerprint density at radius 2 is 1.89 bits per heavy atom. The van der Waals surface area contributed by atoms with Crippen molar-refractivity contribution in [1.29, 1.82) is 0 Å². The van der Waals surface area contributed by atoms with Gasteiger partial charge in [-0.05, 0) is 31.0 Å². The summed E-state index contributed by atoms with van der Waals surface area (Å²) in [6.45, 7) is 2.04. The van der Waals surface area contributed by atoms with Gasteiger partial charge in [0, 0.05) is 5.69 Å². The van der Waals surface area contributed by atoms with Crippen LogP contribution in [-0.4, -0.2) is 22.7 Å². The maximum atomic E-state index is 9.43. The maximum Gasteiger partial charge on any atom is 0.126 e. The molecule has 0 saturated carbocycles. The lowest BCUT2D eigenvalue weighted by Gasteiger charge is -2.17. The van der Waals surface area contributed by atoms with Gasteiger partial charge in [0.15, 0.2) is 0 Å². The van der Waals surface area contributed by atoms with Crippen molar-refractivity contribution in [2.45, 2.75) is 19.4 Å². The molecule has 1 aromatic carbocycles. The van der Waals surface area contributed by atoms with E-state index in [4.69, 9.17) is 0 Å². The van der Waals surface area contributed by atoms with E-state index in [9.17, 15) is 5.11 Å². The first kappa shape index (κ1) is 12.6. The molecule has 2 aromatic rings. The van der Waals surface area contributed by atoms with Crippen molar-refractivity contribution in [2.75, 3.05) is 11.9 Å². The number of benzene rings is 1. The van der Waals surface area contributed by atoms with Crippen LogP contribution in [0.2, 0.25) is 0 Å². The molecule has 0 bridgehead atoms. The number of nitrogens with one attached hydrogen (secondary N) is 1. The highest BCUT2D eigenvalue weighted by Crippen LogP contribution is 2.09. The molecule has 0 spiro atoms. The van der Waals surface area contributed by atoms with Crippen LogP contribution in [0.3, 0.4) is 0 Å². The molecule has 18 heavy (non-hydrogen) atoms. The smallest absolute Gasteiger partial charge is 0.126 e. The molecule has 3 nitrogen and oxygen atoms in total. The maximum absolute atomic E-state index is 9.43. The summed E-state index contributed by atoms with van der Waals surface area (Å²) in [6, 6.07) is 16.0. The summed E-state index contributed by atoms with van der Waals surface area (Å²) < 4.78 is 0. The van der Waals surface area contributed by atoms with Crippen LogP contribution in [0.25, 0.3) is 0 Å². The van der Waals surface area contributed by atoms with Crippen LogP contribution in [0.5, 0.6) is 0 Å². The molecule has 0 radical (unpaired) electrons. The molecule has 0 aliphatic heterocycles. The summed E-state index contributed by atoms with van der Waals surface area (Å²) in [4.78, 5) is 4.38. The fourth-order valence-electron chi connectivity index (χ4n) is 1.89. The molecular formula is C15H18N2O. The third kappa shape index (κ3) is 3.57. The van der Waals surface area contributed by atoms with Gasteiger partial charge in [0.1, 0.15) is 5.82 Å². The Kier molecular flexibility index (Phi) is 4.31. The summed E-state index contributed by atoms with van der Waals surface area (Å²) >= 11 is 0. The number of hydrogen-bond donors (Lipinski definition) is 2. The molecule has 3 heteroatoms. The van der Waals surface area contributed by atoms with Gasteiger partial charge in [-0.2, -0.15) is 0 Å². The number of rotatable bonds is 5. The second kappa shape index (κ2) is 6.17. The fourth-order valence-corrected chi connectivity index (χ4v) is 1.89. The molecule has 1 unspecified atom stereocenters. The highest BCUT2D eigenvalue weighted by atomic mass is 16.3. The van der Waals surface area contributed by atoms with E-state index in [-0.39, 0.29) is 12.6 Å². The van der Waals surface area contributed by atoms with E-state index in [1.165, 1.54) is 5.56 Å². The van der Waals surface area contributed by atoms with Crippen molar-refractivity contribution < 1.29 is 5.11 Å². The van der Waals surface area contributed by atoms with E-state index in [0.717, 1.165) is 17.9 Å². The van der Waals surface area contributed by atoms with Crippen molar-refractivity contribution in [2.24, 2.45) is 0 Å². The number of aliphatic hydroxyl groups is 1. The number of pyridine rings is 1. The molecular weight excluding hydrogens is 224 g/mol. The lowest BCUT2D eigenvalue weighted by molar-refractivity contribution is 0.273. The molecule has 1 heterocycles. The Bertz CT molecular complexity index is 485. The summed E-state index contributed by atoms with van der Waals surface area (Å²) in [5.74, 6) is 0.810. The van der Waals surface area contributed by atoms with Gasteiger partial charge in [0.2, 0.25) is 0 Å². The first-order valence-electron chi connectivity index (χ1n) is 6.13. The molecule has 94 valence electrons. The predicted octanol–water partition coefficient (Wildman–Crippen LogP) is 2.41. The second-order valence-corrected chi connectivity index (χ2v) is 4.38. The van der Waals surface area contributed by atoms with Gasteiger partial charge in [-0.1, -0.05) is 36.4 Å². The molecule has 0 amide bonds. The molecule has 0 fully saturated rings. The van der Waals surface area contributed by atoms with Crippen LogP contribution in [-0.2, 0) is 6.42 Å². The van der Waals surface area contributed by atoms with Crippen LogP contribution in [0.15, 0.2) is 48.5 Å². The lowest BCUT2D eigenvalue weighted by atomic mass is 10.1. The minimum atomic E-state index is -0.0123. The number of nitrogens with zero attached hydrogens (tertiary/aromatic N) is 1. The van der Waals surface area contributed by atoms with Crippen LogP contribution >= 0.6 is 0 Å². The number of aliphatic hydroxyl groups excluding tert-OH is 1. The summed E-state index contributed by atoms with van der Waals surface area (Å²) in [6.07, 6.45) is 0.785. The predicted molar refractivity (Wildman–Crippen MR) is 73.6 cm³/mol. The second-order valence-electron chi connectivity index (χ2n) is 4.38. The molecule has 0 saturated heterocycles. The van der Waals surface area contributed by atoms with E-state index in [0.29, 0.717) is 0 Å². The zero-order valence-corrected chi connectivity index (χ0v) is 10.5. The molecule has 2 rings (SSSR count). The van der Waals surface area contributed by atoms with Gasteiger partial charge in [-0.3, -0.25) is 0 Å². The van der Waals surface area contributed by atoms with E-state index >= 15 is 0 Å². The Labute approximate surface area is 108 Å². The average Bonchev–Trinajstić information content (AvgIpc) is 2.39. The van der Waals surface area contributed by atoms with Crippen molar-refractivity contribution in [3.8, 4) is 0 Å². The average molecular weight is 242 g/mol. The molecule has 0 aliphatic carbocycles. The highest BCUT2D eigenvalue weighted by molar-refractivity contribution is 5.37. The minimum Gasteiger partial charge on any atom is -0.394 e. The van der Waals surface area contributed by atoms with Gasteiger partial charge >= 0.3 is 0 Å². The lowest BCUT2D eigenvalue weighted by Crippen LogP contribution is -2.26. The SMILES string of the molecule is Cc1cccc(NC(CO)Cc2ccccc2)n1. The van der Waals surface area contributed by atoms with Crippen molar-refractivity contribution in [3.05, 3.63) is 59.8 Å². The number of hydrogen-bond acceptors (Lipinski definition) is 3. The summed E-state index contributed by atoms with van der Waals surface area (Å²) in [5, 5.41) is 12.7. The first-order valence-corrected chi connectivity index (χ1v) is 6.13. The zero-order chi connectivity index (χ0) is 12.8. The third-order valence-electron chi connectivity index (χ3n) is 2.79. The third-order valence-corrected chi connectivity index (χ3v) is 2.79. The van der Waals surface area contributed by atoms with Crippen molar-refractivity contribution in [1.82, 2.24) is 4.98 Å². The Balaban J connectivity index is 2.01. The molecule has 1 aromatic heterocycles. The normalized spacial score (nSPS) is 12.1. The summed E-state index contributed by atoms with van der Waals surface area (Å²) in [5.41, 5.74) is 2.17. The van der Waals surface area contributed by atoms with Gasteiger partial charge in [-0.15, -0.1) is 0 Å². The standard InChI is InChI=1S/C15H18N2O/c1-12-6-5-9-15(16-12)17-14(11-18)10-13-7-3-2-4-8-13/h2-9,14,18H,10-11H2,1H3,(H,16,17). The Morgan fingerprint density at radius 1 is 1.11 bits per heavy atom. The molecule has 0 aliphatic rings. The largest absolute Gasteiger partial charge is 0.394 e. The van der Waals surface area contributed by atoms with Gasteiger partial charge in [0.25, 0.3) is 0 Å². The number of aromatic nitrogens is 1. The number of anilines is 1. The van der Waals surface area contributed by atoms with Gasteiger partial charge in [-0.25, -0.2) is 4.98 Å². The topological polar surface area (TPSA) is 45.1 Å². The van der Waals surface area contributed by atoms with Crippen LogP contribution in [0.1, 0.15) is 11.3 Å².